The summed E-state index contributed by atoms with van der Waals surface area (Å²) in [7, 11) is 0. The van der Waals surface area contributed by atoms with E-state index in [-0.39, 0.29) is 17.9 Å². The lowest BCUT2D eigenvalue weighted by molar-refractivity contribution is -0.119. The Bertz CT molecular complexity index is 773. The molecule has 6 heteroatoms. The highest BCUT2D eigenvalue weighted by molar-refractivity contribution is 7.99. The molecule has 28 heavy (non-hydrogen) atoms. The van der Waals surface area contributed by atoms with Gasteiger partial charge in [0, 0.05) is 37.3 Å². The van der Waals surface area contributed by atoms with Crippen LogP contribution in [-0.2, 0) is 11.3 Å². The number of thioether (sulfide) groups is 1. The zero-order chi connectivity index (χ0) is 19.9. The molecular weight excluding hydrogens is 368 g/mol. The molecule has 1 aliphatic rings. The maximum Gasteiger partial charge on any atom is 0.230 e. The molecule has 1 aromatic heterocycles. The molecule has 0 bridgehead atoms. The zero-order valence-corrected chi connectivity index (χ0v) is 17.8. The fraction of sp³-hybridized carbons (Fsp3) is 0.500. The van der Waals surface area contributed by atoms with Crippen molar-refractivity contribution in [3.05, 3.63) is 53.5 Å². The van der Waals surface area contributed by atoms with E-state index in [4.69, 9.17) is 0 Å². The number of hydrogen-bond acceptors (Lipinski definition) is 5. The molecule has 0 unspecified atom stereocenters. The van der Waals surface area contributed by atoms with E-state index >= 15 is 0 Å². The first-order valence-corrected chi connectivity index (χ1v) is 11.0. The summed E-state index contributed by atoms with van der Waals surface area (Å²) in [6.45, 7) is 9.18. The van der Waals surface area contributed by atoms with E-state index in [1.54, 1.807) is 0 Å². The lowest BCUT2D eigenvalue weighted by Crippen LogP contribution is -2.44. The van der Waals surface area contributed by atoms with E-state index in [0.717, 1.165) is 49.0 Å². The molecule has 0 aliphatic carbocycles. The highest BCUT2D eigenvalue weighted by Gasteiger charge is 2.21. The van der Waals surface area contributed by atoms with Gasteiger partial charge in [0.05, 0.1) is 5.75 Å². The van der Waals surface area contributed by atoms with E-state index in [0.29, 0.717) is 5.75 Å². The summed E-state index contributed by atoms with van der Waals surface area (Å²) in [5.74, 6) is 1.62. The molecular formula is C22H30N4OS. The largest absolute Gasteiger partial charge is 0.353 e. The third-order valence-electron chi connectivity index (χ3n) is 4.92. The van der Waals surface area contributed by atoms with Crippen molar-refractivity contribution in [1.29, 1.82) is 0 Å². The van der Waals surface area contributed by atoms with Crippen LogP contribution in [0.4, 0.5) is 0 Å². The molecule has 0 atom stereocenters. The number of benzene rings is 1. The number of likely N-dealkylation sites (tertiary alicyclic amines) is 1. The van der Waals surface area contributed by atoms with E-state index in [9.17, 15) is 4.79 Å². The van der Waals surface area contributed by atoms with Gasteiger partial charge in [0.1, 0.15) is 10.9 Å². The summed E-state index contributed by atoms with van der Waals surface area (Å²) in [5.41, 5.74) is 2.30. The summed E-state index contributed by atoms with van der Waals surface area (Å²) >= 11 is 1.49. The molecule has 1 aromatic carbocycles. The molecule has 1 amide bonds. The fourth-order valence-corrected chi connectivity index (χ4v) is 4.15. The van der Waals surface area contributed by atoms with Crippen LogP contribution in [0.5, 0.6) is 0 Å². The molecule has 1 saturated heterocycles. The van der Waals surface area contributed by atoms with Crippen LogP contribution in [0.2, 0.25) is 0 Å². The number of nitrogens with zero attached hydrogens (tertiary/aromatic N) is 3. The van der Waals surface area contributed by atoms with Gasteiger partial charge in [-0.3, -0.25) is 9.69 Å². The van der Waals surface area contributed by atoms with Crippen LogP contribution in [0.3, 0.4) is 0 Å². The van der Waals surface area contributed by atoms with Gasteiger partial charge in [-0.05, 0) is 31.4 Å². The summed E-state index contributed by atoms with van der Waals surface area (Å²) in [6, 6.07) is 12.8. The number of carbonyl (C=O) groups is 1. The smallest absolute Gasteiger partial charge is 0.230 e. The number of rotatable bonds is 7. The van der Waals surface area contributed by atoms with Crippen LogP contribution in [0.25, 0.3) is 0 Å². The SMILES string of the molecule is Cc1cc(SCC(=O)NC2CCN(Cc3ccccc3)CC2)nc(C(C)C)n1. The van der Waals surface area contributed by atoms with Crippen molar-refractivity contribution >= 4 is 17.7 Å². The average Bonchev–Trinajstić information content (AvgIpc) is 2.68. The van der Waals surface area contributed by atoms with Crippen molar-refractivity contribution in [2.75, 3.05) is 18.8 Å². The number of amides is 1. The topological polar surface area (TPSA) is 58.1 Å². The van der Waals surface area contributed by atoms with Crippen molar-refractivity contribution < 1.29 is 4.79 Å². The van der Waals surface area contributed by atoms with Crippen LogP contribution >= 0.6 is 11.8 Å². The third-order valence-corrected chi connectivity index (χ3v) is 5.83. The van der Waals surface area contributed by atoms with Gasteiger partial charge in [-0.1, -0.05) is 55.9 Å². The lowest BCUT2D eigenvalue weighted by Gasteiger charge is -2.32. The Kier molecular flexibility index (Phi) is 7.45. The second-order valence-electron chi connectivity index (χ2n) is 7.75. The Morgan fingerprint density at radius 2 is 1.93 bits per heavy atom. The van der Waals surface area contributed by atoms with Crippen LogP contribution in [0.15, 0.2) is 41.4 Å². The fourth-order valence-electron chi connectivity index (χ4n) is 3.38. The van der Waals surface area contributed by atoms with Crippen LogP contribution < -0.4 is 5.32 Å². The van der Waals surface area contributed by atoms with Crippen molar-refractivity contribution in [2.45, 2.75) is 57.1 Å². The summed E-state index contributed by atoms with van der Waals surface area (Å²) in [6.07, 6.45) is 2.01. The molecule has 1 fully saturated rings. The quantitative estimate of drug-likeness (QED) is 0.568. The number of carbonyl (C=O) groups excluding carboxylic acids is 1. The van der Waals surface area contributed by atoms with Gasteiger partial charge >= 0.3 is 0 Å². The van der Waals surface area contributed by atoms with Gasteiger partial charge < -0.3 is 5.32 Å². The first-order chi connectivity index (χ1) is 13.5. The van der Waals surface area contributed by atoms with Crippen LogP contribution in [-0.4, -0.2) is 45.7 Å². The molecule has 150 valence electrons. The highest BCUT2D eigenvalue weighted by atomic mass is 32.2. The second kappa shape index (κ2) is 10.0. The van der Waals surface area contributed by atoms with Gasteiger partial charge in [0.15, 0.2) is 0 Å². The highest BCUT2D eigenvalue weighted by Crippen LogP contribution is 2.20. The van der Waals surface area contributed by atoms with Crippen molar-refractivity contribution in [1.82, 2.24) is 20.2 Å². The Hall–Kier alpha value is -1.92. The molecule has 3 rings (SSSR count). The lowest BCUT2D eigenvalue weighted by atomic mass is 10.0. The van der Waals surface area contributed by atoms with Crippen molar-refractivity contribution in [3.63, 3.8) is 0 Å². The number of nitrogens with one attached hydrogen (secondary N) is 1. The van der Waals surface area contributed by atoms with E-state index in [1.165, 1.54) is 17.3 Å². The van der Waals surface area contributed by atoms with Crippen LogP contribution in [0.1, 0.15) is 49.7 Å². The standard InChI is InChI=1S/C22H30N4OS/c1-16(2)22-23-17(3)13-21(25-22)28-15-20(27)24-19-9-11-26(12-10-19)14-18-7-5-4-6-8-18/h4-8,13,16,19H,9-12,14-15H2,1-3H3,(H,24,27). The number of aryl methyl sites for hydroxylation is 1. The zero-order valence-electron chi connectivity index (χ0n) is 17.0. The van der Waals surface area contributed by atoms with Crippen molar-refractivity contribution in [2.24, 2.45) is 0 Å². The Balaban J connectivity index is 1.41. The van der Waals surface area contributed by atoms with Gasteiger partial charge in [-0.25, -0.2) is 9.97 Å². The van der Waals surface area contributed by atoms with Gasteiger partial charge in [-0.2, -0.15) is 0 Å². The van der Waals surface area contributed by atoms with E-state index in [2.05, 4.69) is 64.4 Å². The second-order valence-corrected chi connectivity index (χ2v) is 8.75. The van der Waals surface area contributed by atoms with Crippen molar-refractivity contribution in [3.8, 4) is 0 Å². The third kappa shape index (κ3) is 6.31. The number of piperidine rings is 1. The molecule has 0 radical (unpaired) electrons. The number of hydrogen-bond donors (Lipinski definition) is 1. The first kappa shape index (κ1) is 20.8. The monoisotopic (exact) mass is 398 g/mol. The Morgan fingerprint density at radius 3 is 2.61 bits per heavy atom. The summed E-state index contributed by atoms with van der Waals surface area (Å²) in [4.78, 5) is 23.9. The molecule has 0 saturated carbocycles. The normalized spacial score (nSPS) is 15.7. The molecule has 2 heterocycles. The van der Waals surface area contributed by atoms with E-state index < -0.39 is 0 Å². The average molecular weight is 399 g/mol. The molecule has 1 aliphatic heterocycles. The predicted molar refractivity (Wildman–Crippen MR) is 114 cm³/mol. The molecule has 0 spiro atoms. The number of aromatic nitrogens is 2. The maximum atomic E-state index is 12.4. The van der Waals surface area contributed by atoms with E-state index in [1.807, 2.05) is 13.0 Å². The molecule has 1 N–H and O–H groups in total. The van der Waals surface area contributed by atoms with Gasteiger partial charge in [0.2, 0.25) is 5.91 Å². The summed E-state index contributed by atoms with van der Waals surface area (Å²) < 4.78 is 0. The van der Waals surface area contributed by atoms with Gasteiger partial charge in [-0.15, -0.1) is 0 Å². The predicted octanol–water partition coefficient (Wildman–Crippen LogP) is 3.78. The minimum Gasteiger partial charge on any atom is -0.353 e. The van der Waals surface area contributed by atoms with Crippen LogP contribution in [0, 0.1) is 6.92 Å². The molecule has 2 aromatic rings. The Labute approximate surface area is 172 Å². The summed E-state index contributed by atoms with van der Waals surface area (Å²) in [5, 5.41) is 4.07. The first-order valence-electron chi connectivity index (χ1n) is 10.0. The molecule has 5 nitrogen and oxygen atoms in total. The Morgan fingerprint density at radius 1 is 1.21 bits per heavy atom. The minimum atomic E-state index is 0.0915. The minimum absolute atomic E-state index is 0.0915. The van der Waals surface area contributed by atoms with Gasteiger partial charge in [0.25, 0.3) is 0 Å². The maximum absolute atomic E-state index is 12.4.